The quantitative estimate of drug-likeness (QED) is 0.919. The molecule has 0 bridgehead atoms. The molecule has 1 fully saturated rings. The van der Waals surface area contributed by atoms with Crippen molar-refractivity contribution in [1.29, 1.82) is 5.26 Å². The van der Waals surface area contributed by atoms with E-state index in [1.54, 1.807) is 0 Å². The van der Waals surface area contributed by atoms with E-state index >= 15 is 0 Å². The molecule has 0 aliphatic carbocycles. The summed E-state index contributed by atoms with van der Waals surface area (Å²) in [5, 5.41) is 12.8. The third-order valence-corrected chi connectivity index (χ3v) is 4.06. The fraction of sp³-hybridized carbons (Fsp3) is 0.625. The van der Waals surface area contributed by atoms with E-state index in [1.165, 1.54) is 0 Å². The lowest BCUT2D eigenvalue weighted by molar-refractivity contribution is 0.177. The van der Waals surface area contributed by atoms with Crippen molar-refractivity contribution in [2.75, 3.05) is 18.4 Å². The van der Waals surface area contributed by atoms with Crippen molar-refractivity contribution in [3.8, 4) is 6.07 Å². The van der Waals surface area contributed by atoms with E-state index in [1.807, 2.05) is 19.9 Å². The van der Waals surface area contributed by atoms with Crippen LogP contribution in [0.1, 0.15) is 43.6 Å². The summed E-state index contributed by atoms with van der Waals surface area (Å²) in [6.07, 6.45) is 2.26. The van der Waals surface area contributed by atoms with Gasteiger partial charge in [-0.25, -0.2) is 0 Å². The van der Waals surface area contributed by atoms with Gasteiger partial charge in [-0.1, -0.05) is 0 Å². The molecule has 0 atom stereocenters. The zero-order chi connectivity index (χ0) is 14.7. The fourth-order valence-electron chi connectivity index (χ4n) is 2.86. The smallest absolute Gasteiger partial charge is 0.103 e. The maximum atomic E-state index is 9.30. The van der Waals surface area contributed by atoms with Crippen molar-refractivity contribution in [1.82, 2.24) is 9.88 Å². The molecule has 2 heterocycles. The predicted octanol–water partition coefficient (Wildman–Crippen LogP) is 2.85. The third kappa shape index (κ3) is 3.29. The molecule has 1 aliphatic heterocycles. The van der Waals surface area contributed by atoms with E-state index in [2.05, 4.69) is 35.1 Å². The van der Waals surface area contributed by atoms with Crippen LogP contribution in [-0.2, 0) is 0 Å². The molecule has 0 radical (unpaired) electrons. The van der Waals surface area contributed by atoms with Crippen LogP contribution in [0.15, 0.2) is 6.07 Å². The number of hydrogen-bond acceptors (Lipinski definition) is 4. The highest BCUT2D eigenvalue weighted by molar-refractivity contribution is 5.60. The summed E-state index contributed by atoms with van der Waals surface area (Å²) in [5.74, 6) is 0. The van der Waals surface area contributed by atoms with Gasteiger partial charge < -0.3 is 10.2 Å². The first kappa shape index (κ1) is 14.8. The number of aromatic nitrogens is 1. The Labute approximate surface area is 121 Å². The van der Waals surface area contributed by atoms with Gasteiger partial charge >= 0.3 is 0 Å². The van der Waals surface area contributed by atoms with Crippen molar-refractivity contribution in [3.05, 3.63) is 23.0 Å². The number of piperidine rings is 1. The van der Waals surface area contributed by atoms with Crippen LogP contribution >= 0.6 is 0 Å². The topological polar surface area (TPSA) is 52.0 Å². The molecule has 0 amide bonds. The van der Waals surface area contributed by atoms with E-state index in [0.29, 0.717) is 17.6 Å². The molecule has 0 aromatic carbocycles. The second-order valence-electron chi connectivity index (χ2n) is 5.93. The van der Waals surface area contributed by atoms with Crippen LogP contribution in [0.2, 0.25) is 0 Å². The molecular weight excluding hydrogens is 248 g/mol. The maximum Gasteiger partial charge on any atom is 0.103 e. The Hall–Kier alpha value is -1.60. The largest absolute Gasteiger partial charge is 0.381 e. The number of hydrogen-bond donors (Lipinski definition) is 1. The Balaban J connectivity index is 2.07. The highest BCUT2D eigenvalue weighted by Gasteiger charge is 2.21. The number of aryl methyl sites for hydroxylation is 2. The van der Waals surface area contributed by atoms with Crippen LogP contribution in [0.4, 0.5) is 5.69 Å². The van der Waals surface area contributed by atoms with E-state index in [-0.39, 0.29) is 0 Å². The van der Waals surface area contributed by atoms with Crippen LogP contribution in [0.3, 0.4) is 0 Å². The van der Waals surface area contributed by atoms with Gasteiger partial charge in [0.1, 0.15) is 6.07 Å². The number of pyridine rings is 1. The van der Waals surface area contributed by atoms with Gasteiger partial charge in [-0.3, -0.25) is 4.98 Å². The van der Waals surface area contributed by atoms with Crippen LogP contribution in [-0.4, -0.2) is 35.1 Å². The molecule has 2 rings (SSSR count). The van der Waals surface area contributed by atoms with Crippen molar-refractivity contribution in [2.45, 2.75) is 52.6 Å². The van der Waals surface area contributed by atoms with Gasteiger partial charge in [-0.2, -0.15) is 5.26 Å². The molecule has 1 aliphatic rings. The summed E-state index contributed by atoms with van der Waals surface area (Å²) in [7, 11) is 0. The van der Waals surface area contributed by atoms with E-state index < -0.39 is 0 Å². The number of nitriles is 1. The summed E-state index contributed by atoms with van der Waals surface area (Å²) in [4.78, 5) is 6.87. The lowest BCUT2D eigenvalue weighted by atomic mass is 10.0. The van der Waals surface area contributed by atoms with Crippen LogP contribution in [0.5, 0.6) is 0 Å². The average molecular weight is 272 g/mol. The minimum atomic E-state index is 0.457. The van der Waals surface area contributed by atoms with Gasteiger partial charge in [0.2, 0.25) is 0 Å². The standard InChI is InChI=1S/C16H24N4/c1-11(2)20-7-5-14(6-8-20)19-16-9-12(3)18-13(4)15(16)10-17/h9,11,14H,5-8H2,1-4H3,(H,18,19). The Kier molecular flexibility index (Phi) is 4.61. The average Bonchev–Trinajstić information content (AvgIpc) is 2.39. The maximum absolute atomic E-state index is 9.30. The lowest BCUT2D eigenvalue weighted by Crippen LogP contribution is -2.42. The summed E-state index contributed by atoms with van der Waals surface area (Å²) in [6, 6.07) is 5.34. The number of nitrogens with one attached hydrogen (secondary N) is 1. The fourth-order valence-corrected chi connectivity index (χ4v) is 2.86. The second kappa shape index (κ2) is 6.23. The molecule has 1 N–H and O–H groups in total. The van der Waals surface area contributed by atoms with Crippen LogP contribution in [0.25, 0.3) is 0 Å². The number of rotatable bonds is 3. The minimum Gasteiger partial charge on any atom is -0.381 e. The van der Waals surface area contributed by atoms with Gasteiger partial charge in [-0.05, 0) is 46.6 Å². The molecule has 1 saturated heterocycles. The summed E-state index contributed by atoms with van der Waals surface area (Å²) in [5.41, 5.74) is 3.40. The van der Waals surface area contributed by atoms with Crippen LogP contribution < -0.4 is 5.32 Å². The Morgan fingerprint density at radius 2 is 2.00 bits per heavy atom. The Morgan fingerprint density at radius 1 is 1.35 bits per heavy atom. The predicted molar refractivity (Wildman–Crippen MR) is 81.8 cm³/mol. The normalized spacial score (nSPS) is 17.2. The zero-order valence-corrected chi connectivity index (χ0v) is 12.9. The Bertz CT molecular complexity index is 508. The third-order valence-electron chi connectivity index (χ3n) is 4.06. The SMILES string of the molecule is Cc1cc(NC2CCN(C(C)C)CC2)c(C#N)c(C)n1. The summed E-state index contributed by atoms with van der Waals surface area (Å²) < 4.78 is 0. The molecule has 0 spiro atoms. The number of likely N-dealkylation sites (tertiary alicyclic amines) is 1. The number of nitrogens with zero attached hydrogens (tertiary/aromatic N) is 3. The summed E-state index contributed by atoms with van der Waals surface area (Å²) in [6.45, 7) is 10.6. The first-order chi connectivity index (χ1) is 9.51. The molecule has 1 aromatic heterocycles. The first-order valence-electron chi connectivity index (χ1n) is 7.40. The highest BCUT2D eigenvalue weighted by atomic mass is 15.2. The molecule has 1 aromatic rings. The Morgan fingerprint density at radius 3 is 2.55 bits per heavy atom. The van der Waals surface area contributed by atoms with Gasteiger partial charge in [-0.15, -0.1) is 0 Å². The molecular formula is C16H24N4. The zero-order valence-electron chi connectivity index (χ0n) is 12.9. The van der Waals surface area contributed by atoms with E-state index in [4.69, 9.17) is 0 Å². The van der Waals surface area contributed by atoms with Gasteiger partial charge in [0, 0.05) is 30.9 Å². The number of anilines is 1. The minimum absolute atomic E-state index is 0.457. The van der Waals surface area contributed by atoms with Gasteiger partial charge in [0.05, 0.1) is 16.9 Å². The van der Waals surface area contributed by atoms with Crippen molar-refractivity contribution in [2.24, 2.45) is 0 Å². The van der Waals surface area contributed by atoms with Gasteiger partial charge in [0.25, 0.3) is 0 Å². The molecule has 0 saturated carbocycles. The highest BCUT2D eigenvalue weighted by Crippen LogP contribution is 2.23. The second-order valence-corrected chi connectivity index (χ2v) is 5.93. The van der Waals surface area contributed by atoms with E-state index in [0.717, 1.165) is 43.0 Å². The van der Waals surface area contributed by atoms with Crippen LogP contribution in [0, 0.1) is 25.2 Å². The lowest BCUT2D eigenvalue weighted by Gasteiger charge is -2.35. The molecule has 4 nitrogen and oxygen atoms in total. The molecule has 108 valence electrons. The molecule has 0 unspecified atom stereocenters. The van der Waals surface area contributed by atoms with Crippen molar-refractivity contribution < 1.29 is 0 Å². The van der Waals surface area contributed by atoms with E-state index in [9.17, 15) is 5.26 Å². The van der Waals surface area contributed by atoms with Gasteiger partial charge in [0.15, 0.2) is 0 Å². The molecule has 4 heteroatoms. The van der Waals surface area contributed by atoms with Crippen molar-refractivity contribution >= 4 is 5.69 Å². The summed E-state index contributed by atoms with van der Waals surface area (Å²) >= 11 is 0. The van der Waals surface area contributed by atoms with Crippen molar-refractivity contribution in [3.63, 3.8) is 0 Å². The monoisotopic (exact) mass is 272 g/mol. The first-order valence-corrected chi connectivity index (χ1v) is 7.40. The molecule has 20 heavy (non-hydrogen) atoms.